The van der Waals surface area contributed by atoms with Gasteiger partial charge in [0.1, 0.15) is 0 Å². The number of halogens is 1. The van der Waals surface area contributed by atoms with Gasteiger partial charge in [-0.05, 0) is 37.5 Å². The van der Waals surface area contributed by atoms with Gasteiger partial charge in [0.2, 0.25) is 0 Å². The Balaban J connectivity index is 1.64. The summed E-state index contributed by atoms with van der Waals surface area (Å²) in [6, 6.07) is 4.44. The molecule has 132 valence electrons. The highest BCUT2D eigenvalue weighted by atomic mass is 19.1. The van der Waals surface area contributed by atoms with Crippen molar-refractivity contribution < 1.29 is 23.8 Å². The number of hydrogen-bond donors (Lipinski definition) is 1. The average Bonchev–Trinajstić information content (AvgIpc) is 3.01. The van der Waals surface area contributed by atoms with E-state index in [0.29, 0.717) is 19.8 Å². The Morgan fingerprint density at radius 2 is 2.29 bits per heavy atom. The largest absolute Gasteiger partial charge is 0.481 e. The number of amides is 1. The van der Waals surface area contributed by atoms with Crippen LogP contribution in [-0.2, 0) is 9.53 Å². The van der Waals surface area contributed by atoms with Gasteiger partial charge in [0.05, 0.1) is 25.4 Å². The molecule has 6 heteroatoms. The molecular weight excluding hydrogens is 313 g/mol. The second kappa shape index (κ2) is 7.49. The average molecular weight is 337 g/mol. The van der Waals surface area contributed by atoms with E-state index in [1.165, 1.54) is 6.07 Å². The first-order valence-electron chi connectivity index (χ1n) is 8.50. The minimum Gasteiger partial charge on any atom is -0.481 e. The lowest BCUT2D eigenvalue weighted by molar-refractivity contribution is -0.146. The van der Waals surface area contributed by atoms with E-state index in [-0.39, 0.29) is 36.3 Å². The third-order valence-corrected chi connectivity index (χ3v) is 4.95. The van der Waals surface area contributed by atoms with E-state index in [1.54, 1.807) is 17.0 Å². The van der Waals surface area contributed by atoms with Crippen LogP contribution in [0.4, 0.5) is 4.39 Å². The molecule has 1 aliphatic heterocycles. The van der Waals surface area contributed by atoms with E-state index < -0.39 is 5.82 Å². The zero-order valence-corrected chi connectivity index (χ0v) is 13.9. The Labute approximate surface area is 141 Å². The maximum absolute atomic E-state index is 13.7. The molecule has 1 aromatic carbocycles. The second-order valence-electron chi connectivity index (χ2n) is 6.61. The maximum atomic E-state index is 13.7. The van der Waals surface area contributed by atoms with E-state index in [9.17, 15) is 14.3 Å². The predicted molar refractivity (Wildman–Crippen MR) is 86.3 cm³/mol. The Morgan fingerprint density at radius 3 is 3.04 bits per heavy atom. The highest BCUT2D eigenvalue weighted by molar-refractivity contribution is 5.78. The Hall–Kier alpha value is -1.66. The van der Waals surface area contributed by atoms with Crippen molar-refractivity contribution in [2.75, 3.05) is 26.4 Å². The van der Waals surface area contributed by atoms with Crippen molar-refractivity contribution in [1.29, 1.82) is 0 Å². The van der Waals surface area contributed by atoms with Crippen LogP contribution in [0.5, 0.6) is 5.75 Å². The number of aliphatic hydroxyl groups excluding tert-OH is 1. The fraction of sp³-hybridized carbons (Fsp3) is 0.611. The molecule has 3 rings (SSSR count). The normalized spacial score (nSPS) is 27.3. The van der Waals surface area contributed by atoms with Crippen molar-refractivity contribution in [2.45, 2.75) is 38.3 Å². The zero-order valence-electron chi connectivity index (χ0n) is 13.9. The first kappa shape index (κ1) is 17.2. The van der Waals surface area contributed by atoms with Gasteiger partial charge in [0.25, 0.3) is 5.91 Å². The summed E-state index contributed by atoms with van der Waals surface area (Å²) < 4.78 is 24.6. The van der Waals surface area contributed by atoms with Gasteiger partial charge in [-0.1, -0.05) is 12.5 Å². The fourth-order valence-corrected chi connectivity index (χ4v) is 3.65. The second-order valence-corrected chi connectivity index (χ2v) is 6.61. The Bertz CT molecular complexity index is 594. The number of aryl methyl sites for hydroxylation is 1. The molecule has 0 spiro atoms. The molecule has 0 bridgehead atoms. The molecular formula is C18H24FNO4. The summed E-state index contributed by atoms with van der Waals surface area (Å²) in [5, 5.41) is 10.1. The van der Waals surface area contributed by atoms with Crippen molar-refractivity contribution in [3.05, 3.63) is 29.6 Å². The van der Waals surface area contributed by atoms with Gasteiger partial charge in [0.15, 0.2) is 18.2 Å². The number of benzene rings is 1. The summed E-state index contributed by atoms with van der Waals surface area (Å²) in [7, 11) is 0. The first-order chi connectivity index (χ1) is 11.6. The summed E-state index contributed by atoms with van der Waals surface area (Å²) in [6.07, 6.45) is 2.25. The number of carbonyl (C=O) groups is 1. The molecule has 1 saturated heterocycles. The number of rotatable bonds is 4. The van der Waals surface area contributed by atoms with Gasteiger partial charge in [-0.15, -0.1) is 0 Å². The highest BCUT2D eigenvalue weighted by Gasteiger charge is 2.39. The van der Waals surface area contributed by atoms with Crippen molar-refractivity contribution in [2.24, 2.45) is 5.92 Å². The van der Waals surface area contributed by atoms with Gasteiger partial charge in [-0.3, -0.25) is 4.79 Å². The summed E-state index contributed by atoms with van der Waals surface area (Å²) >= 11 is 0. The molecule has 0 radical (unpaired) electrons. The highest BCUT2D eigenvalue weighted by Crippen LogP contribution is 2.32. The molecule has 1 aromatic rings. The number of morpholine rings is 1. The number of ether oxygens (including phenoxy) is 2. The van der Waals surface area contributed by atoms with Gasteiger partial charge >= 0.3 is 0 Å². The standard InChI is InChI=1S/C18H24FNO4/c1-12-5-6-14(19)17(9-12)24-11-18(22)20-7-8-23-10-15(20)13-3-2-4-16(13)21/h5-6,9,13,15-16,21H,2-4,7-8,10-11H2,1H3/t13-,15-,16-/m1/s1. The molecule has 1 aliphatic carbocycles. The Morgan fingerprint density at radius 1 is 1.46 bits per heavy atom. The molecule has 24 heavy (non-hydrogen) atoms. The van der Waals surface area contributed by atoms with Crippen LogP contribution in [0.2, 0.25) is 0 Å². The minimum atomic E-state index is -0.474. The Kier molecular flexibility index (Phi) is 5.36. The first-order valence-corrected chi connectivity index (χ1v) is 8.50. The van der Waals surface area contributed by atoms with Gasteiger partial charge < -0.3 is 19.5 Å². The van der Waals surface area contributed by atoms with Crippen molar-refractivity contribution in [1.82, 2.24) is 4.90 Å². The third kappa shape index (κ3) is 3.70. The number of nitrogens with zero attached hydrogens (tertiary/aromatic N) is 1. The maximum Gasteiger partial charge on any atom is 0.260 e. The molecule has 2 aliphatic rings. The van der Waals surface area contributed by atoms with E-state index in [0.717, 1.165) is 24.8 Å². The van der Waals surface area contributed by atoms with E-state index in [1.807, 2.05) is 6.92 Å². The fourth-order valence-electron chi connectivity index (χ4n) is 3.65. The molecule has 3 atom stereocenters. The lowest BCUT2D eigenvalue weighted by Gasteiger charge is -2.40. The topological polar surface area (TPSA) is 59.0 Å². The SMILES string of the molecule is Cc1ccc(F)c(OCC(=O)N2CCOC[C@@H]2[C@H]2CCC[C@H]2O)c1. The molecule has 1 amide bonds. The molecule has 5 nitrogen and oxygen atoms in total. The van der Waals surface area contributed by atoms with E-state index >= 15 is 0 Å². The zero-order chi connectivity index (χ0) is 17.1. The quantitative estimate of drug-likeness (QED) is 0.912. The molecule has 0 unspecified atom stereocenters. The van der Waals surface area contributed by atoms with Crippen molar-refractivity contribution in [3.8, 4) is 5.75 Å². The number of hydrogen-bond acceptors (Lipinski definition) is 4. The van der Waals surface area contributed by atoms with Crippen LogP contribution in [-0.4, -0.2) is 54.4 Å². The van der Waals surface area contributed by atoms with Crippen LogP contribution in [0.15, 0.2) is 18.2 Å². The third-order valence-electron chi connectivity index (χ3n) is 4.95. The lowest BCUT2D eigenvalue weighted by atomic mass is 9.94. The van der Waals surface area contributed by atoms with Crippen LogP contribution in [0.3, 0.4) is 0 Å². The summed E-state index contributed by atoms with van der Waals surface area (Å²) in [4.78, 5) is 14.3. The molecule has 2 fully saturated rings. The lowest BCUT2D eigenvalue weighted by Crippen LogP contribution is -2.54. The van der Waals surface area contributed by atoms with Crippen LogP contribution in [0, 0.1) is 18.7 Å². The minimum absolute atomic E-state index is 0.0463. The molecule has 1 N–H and O–H groups in total. The summed E-state index contributed by atoms with van der Waals surface area (Å²) in [6.45, 7) is 3.02. The summed E-state index contributed by atoms with van der Waals surface area (Å²) in [5.41, 5.74) is 0.872. The van der Waals surface area contributed by atoms with Gasteiger partial charge in [0, 0.05) is 12.5 Å². The summed E-state index contributed by atoms with van der Waals surface area (Å²) in [5.74, 6) is -0.527. The van der Waals surface area contributed by atoms with Crippen molar-refractivity contribution in [3.63, 3.8) is 0 Å². The van der Waals surface area contributed by atoms with Crippen LogP contribution >= 0.6 is 0 Å². The van der Waals surface area contributed by atoms with Crippen molar-refractivity contribution >= 4 is 5.91 Å². The van der Waals surface area contributed by atoms with Crippen LogP contribution < -0.4 is 4.74 Å². The van der Waals surface area contributed by atoms with Gasteiger partial charge in [-0.25, -0.2) is 4.39 Å². The van der Waals surface area contributed by atoms with Gasteiger partial charge in [-0.2, -0.15) is 0 Å². The molecule has 1 saturated carbocycles. The smallest absolute Gasteiger partial charge is 0.260 e. The molecule has 0 aromatic heterocycles. The molecule has 1 heterocycles. The number of carbonyl (C=O) groups excluding carboxylic acids is 1. The van der Waals surface area contributed by atoms with E-state index in [2.05, 4.69) is 0 Å². The van der Waals surface area contributed by atoms with E-state index in [4.69, 9.17) is 9.47 Å². The van der Waals surface area contributed by atoms with Crippen LogP contribution in [0.1, 0.15) is 24.8 Å². The monoisotopic (exact) mass is 337 g/mol. The van der Waals surface area contributed by atoms with Crippen LogP contribution in [0.25, 0.3) is 0 Å². The number of aliphatic hydroxyl groups is 1. The predicted octanol–water partition coefficient (Wildman–Crippen LogP) is 1.90.